The van der Waals surface area contributed by atoms with Crippen molar-refractivity contribution in [2.45, 2.75) is 63.4 Å². The minimum Gasteiger partial charge on any atom is -0.444 e. The Labute approximate surface area is 147 Å². The van der Waals surface area contributed by atoms with Crippen LogP contribution < -0.4 is 5.32 Å². The normalized spacial score (nSPS) is 28.6. The monoisotopic (exact) mass is 348 g/mol. The summed E-state index contributed by atoms with van der Waals surface area (Å²) in [6, 6.07) is 9.23. The highest BCUT2D eigenvalue weighted by Gasteiger charge is 2.45. The Morgan fingerprint density at radius 3 is 2.52 bits per heavy atom. The number of halogens is 1. The number of carbonyl (C=O) groups excluding carboxylic acids is 2. The highest BCUT2D eigenvalue weighted by Crippen LogP contribution is 2.40. The van der Waals surface area contributed by atoms with Crippen molar-refractivity contribution in [3.05, 3.63) is 35.9 Å². The van der Waals surface area contributed by atoms with Gasteiger partial charge in [-0.1, -0.05) is 30.3 Å². The molecule has 1 aliphatic heterocycles. The maximum absolute atomic E-state index is 13.8. The third-order valence-corrected chi connectivity index (χ3v) is 4.53. The van der Waals surface area contributed by atoms with E-state index in [0.29, 0.717) is 5.92 Å². The van der Waals surface area contributed by atoms with Crippen LogP contribution in [0.25, 0.3) is 0 Å². The van der Waals surface area contributed by atoms with E-state index in [2.05, 4.69) is 5.32 Å². The van der Waals surface area contributed by atoms with Crippen molar-refractivity contribution in [3.8, 4) is 0 Å². The molecule has 2 amide bonds. The van der Waals surface area contributed by atoms with Crippen LogP contribution in [-0.2, 0) is 9.53 Å². The fourth-order valence-electron chi connectivity index (χ4n) is 3.26. The summed E-state index contributed by atoms with van der Waals surface area (Å²) in [6.45, 7) is 5.15. The number of hydrogen-bond donors (Lipinski definition) is 1. The number of nitrogens with one attached hydrogen (secondary N) is 1. The van der Waals surface area contributed by atoms with Gasteiger partial charge in [-0.05, 0) is 32.8 Å². The van der Waals surface area contributed by atoms with E-state index in [1.807, 2.05) is 30.3 Å². The zero-order chi connectivity index (χ0) is 18.2. The Kier molecular flexibility index (Phi) is 4.71. The summed E-state index contributed by atoms with van der Waals surface area (Å²) >= 11 is 0. The van der Waals surface area contributed by atoms with Crippen LogP contribution in [0.2, 0.25) is 0 Å². The number of rotatable bonds is 3. The molecular weight excluding hydrogens is 323 g/mol. The molecular formula is C19H25FN2O3. The largest absolute Gasteiger partial charge is 0.444 e. The van der Waals surface area contributed by atoms with Gasteiger partial charge in [-0.2, -0.15) is 0 Å². The number of alkyl halides is 1. The SMILES string of the molecule is CC(C)(C)OC(=O)N1C[C@H](F)C[C@H]1C(=O)N[C@@H]1C[C@H]1c1ccccc1. The summed E-state index contributed by atoms with van der Waals surface area (Å²) in [5.41, 5.74) is 0.507. The number of benzene rings is 1. The smallest absolute Gasteiger partial charge is 0.411 e. The fraction of sp³-hybridized carbons (Fsp3) is 0.579. The summed E-state index contributed by atoms with van der Waals surface area (Å²) < 4.78 is 19.1. The minimum absolute atomic E-state index is 0.0216. The van der Waals surface area contributed by atoms with Gasteiger partial charge in [0.05, 0.1) is 6.54 Å². The lowest BCUT2D eigenvalue weighted by atomic mass is 10.1. The standard InChI is InChI=1S/C19H25FN2O3/c1-19(2,3)25-18(24)22-11-13(20)9-16(22)17(23)21-15-10-14(15)12-7-5-4-6-8-12/h4-8,13-16H,9-11H2,1-3H3,(H,21,23)/t13-,14+,15-,16+/m1/s1. The fourth-order valence-corrected chi connectivity index (χ4v) is 3.26. The number of hydrogen-bond acceptors (Lipinski definition) is 3. The van der Waals surface area contributed by atoms with Crippen LogP contribution in [0.5, 0.6) is 0 Å². The molecule has 0 unspecified atom stereocenters. The molecule has 136 valence electrons. The number of ether oxygens (including phenoxy) is 1. The summed E-state index contributed by atoms with van der Waals surface area (Å²) in [4.78, 5) is 26.1. The second-order valence-corrected chi connectivity index (χ2v) is 7.85. The third-order valence-electron chi connectivity index (χ3n) is 4.53. The molecule has 2 aliphatic rings. The van der Waals surface area contributed by atoms with E-state index in [9.17, 15) is 14.0 Å². The zero-order valence-electron chi connectivity index (χ0n) is 14.9. The Morgan fingerprint density at radius 1 is 1.20 bits per heavy atom. The predicted octanol–water partition coefficient (Wildman–Crippen LogP) is 3.01. The quantitative estimate of drug-likeness (QED) is 0.913. The molecule has 1 saturated carbocycles. The Balaban J connectivity index is 1.60. The predicted molar refractivity (Wildman–Crippen MR) is 92.0 cm³/mol. The number of amides is 2. The number of carbonyl (C=O) groups is 2. The van der Waals surface area contributed by atoms with E-state index in [4.69, 9.17) is 4.74 Å². The maximum Gasteiger partial charge on any atom is 0.411 e. The van der Waals surface area contributed by atoms with Crippen LogP contribution in [0.1, 0.15) is 45.1 Å². The van der Waals surface area contributed by atoms with Crippen LogP contribution in [0.4, 0.5) is 9.18 Å². The topological polar surface area (TPSA) is 58.6 Å². The molecule has 25 heavy (non-hydrogen) atoms. The molecule has 4 atom stereocenters. The van der Waals surface area contributed by atoms with E-state index >= 15 is 0 Å². The zero-order valence-corrected chi connectivity index (χ0v) is 14.9. The highest BCUT2D eigenvalue weighted by atomic mass is 19.1. The average molecular weight is 348 g/mol. The molecule has 6 heteroatoms. The van der Waals surface area contributed by atoms with Crippen LogP contribution >= 0.6 is 0 Å². The molecule has 1 aliphatic carbocycles. The molecule has 1 heterocycles. The number of likely N-dealkylation sites (tertiary alicyclic amines) is 1. The van der Waals surface area contributed by atoms with Gasteiger partial charge in [-0.15, -0.1) is 0 Å². The van der Waals surface area contributed by atoms with Gasteiger partial charge in [0.2, 0.25) is 5.91 Å². The van der Waals surface area contributed by atoms with Crippen LogP contribution in [-0.4, -0.2) is 47.3 Å². The lowest BCUT2D eigenvalue weighted by molar-refractivity contribution is -0.125. The summed E-state index contributed by atoms with van der Waals surface area (Å²) in [6.07, 6.45) is -0.947. The number of nitrogens with zero attached hydrogens (tertiary/aromatic N) is 1. The molecule has 3 rings (SSSR count). The summed E-state index contributed by atoms with van der Waals surface area (Å²) in [7, 11) is 0. The lowest BCUT2D eigenvalue weighted by Crippen LogP contribution is -2.48. The summed E-state index contributed by atoms with van der Waals surface area (Å²) in [5, 5.41) is 2.96. The van der Waals surface area contributed by atoms with Crippen molar-refractivity contribution >= 4 is 12.0 Å². The Bertz CT molecular complexity index is 644. The Hall–Kier alpha value is -2.11. The molecule has 5 nitrogen and oxygen atoms in total. The van der Waals surface area contributed by atoms with Crippen LogP contribution in [0.3, 0.4) is 0 Å². The van der Waals surface area contributed by atoms with Crippen molar-refractivity contribution in [1.29, 1.82) is 0 Å². The van der Waals surface area contributed by atoms with Crippen molar-refractivity contribution in [2.75, 3.05) is 6.54 Å². The second-order valence-electron chi connectivity index (χ2n) is 7.85. The van der Waals surface area contributed by atoms with E-state index in [-0.39, 0.29) is 24.9 Å². The van der Waals surface area contributed by atoms with Crippen LogP contribution in [0.15, 0.2) is 30.3 Å². The van der Waals surface area contributed by atoms with Crippen LogP contribution in [0, 0.1) is 0 Å². The second kappa shape index (κ2) is 6.65. The molecule has 0 bridgehead atoms. The van der Waals surface area contributed by atoms with Gasteiger partial charge >= 0.3 is 6.09 Å². The van der Waals surface area contributed by atoms with Gasteiger partial charge in [-0.3, -0.25) is 9.69 Å². The first kappa shape index (κ1) is 17.7. The molecule has 1 N–H and O–H groups in total. The first-order valence-electron chi connectivity index (χ1n) is 8.73. The van der Waals surface area contributed by atoms with Gasteiger partial charge in [-0.25, -0.2) is 9.18 Å². The van der Waals surface area contributed by atoms with Crippen molar-refractivity contribution in [1.82, 2.24) is 10.2 Å². The van der Waals surface area contributed by atoms with E-state index in [1.54, 1.807) is 20.8 Å². The highest BCUT2D eigenvalue weighted by molar-refractivity contribution is 5.87. The first-order chi connectivity index (χ1) is 11.7. The van der Waals surface area contributed by atoms with Gasteiger partial charge in [0.25, 0.3) is 0 Å². The van der Waals surface area contributed by atoms with Crippen molar-refractivity contribution in [2.24, 2.45) is 0 Å². The average Bonchev–Trinajstić information content (AvgIpc) is 3.17. The minimum atomic E-state index is -1.20. The van der Waals surface area contributed by atoms with Gasteiger partial charge in [0, 0.05) is 18.4 Å². The lowest BCUT2D eigenvalue weighted by Gasteiger charge is -2.27. The van der Waals surface area contributed by atoms with Gasteiger partial charge < -0.3 is 10.1 Å². The molecule has 0 aromatic heterocycles. The first-order valence-corrected chi connectivity index (χ1v) is 8.73. The van der Waals surface area contributed by atoms with Crippen molar-refractivity contribution < 1.29 is 18.7 Å². The molecule has 0 radical (unpaired) electrons. The molecule has 1 aromatic carbocycles. The molecule has 1 saturated heterocycles. The van der Waals surface area contributed by atoms with E-state index in [1.165, 1.54) is 10.5 Å². The van der Waals surface area contributed by atoms with Gasteiger partial charge in [0.15, 0.2) is 0 Å². The molecule has 0 spiro atoms. The molecule has 2 fully saturated rings. The van der Waals surface area contributed by atoms with E-state index < -0.39 is 23.9 Å². The van der Waals surface area contributed by atoms with Crippen molar-refractivity contribution in [3.63, 3.8) is 0 Å². The third kappa shape index (κ3) is 4.30. The summed E-state index contributed by atoms with van der Waals surface area (Å²) in [5.74, 6) is -0.00264. The Morgan fingerprint density at radius 2 is 1.88 bits per heavy atom. The van der Waals surface area contributed by atoms with Gasteiger partial charge in [0.1, 0.15) is 17.8 Å². The maximum atomic E-state index is 13.8. The van der Waals surface area contributed by atoms with E-state index in [0.717, 1.165) is 6.42 Å². The molecule has 1 aromatic rings.